The maximum Gasteiger partial charge on any atom is 0.338 e. The molecule has 30 heavy (non-hydrogen) atoms. The number of nitrogens with zero attached hydrogens (tertiary/aromatic N) is 2. The van der Waals surface area contributed by atoms with Gasteiger partial charge in [0.2, 0.25) is 0 Å². The molecular formula is C21H19FN2O5S. The number of halogens is 1. The van der Waals surface area contributed by atoms with E-state index in [-0.39, 0.29) is 16.0 Å². The summed E-state index contributed by atoms with van der Waals surface area (Å²) in [5.74, 6) is -1.27. The van der Waals surface area contributed by atoms with E-state index in [1.54, 1.807) is 6.07 Å². The first kappa shape index (κ1) is 20.2. The second-order valence-electron chi connectivity index (χ2n) is 7.13. The van der Waals surface area contributed by atoms with Crippen molar-refractivity contribution in [3.05, 3.63) is 59.4 Å². The maximum atomic E-state index is 13.0. The van der Waals surface area contributed by atoms with Crippen LogP contribution in [0.2, 0.25) is 0 Å². The van der Waals surface area contributed by atoms with Crippen LogP contribution in [0.5, 0.6) is 0 Å². The van der Waals surface area contributed by atoms with Gasteiger partial charge in [-0.05, 0) is 55.3 Å². The number of esters is 1. The SMILES string of the molecule is O=C(COC(=O)c1ccc2c(c1)S(=O)(=O)N=C1CCCCCN12)c1ccc(F)cc1. The van der Waals surface area contributed by atoms with Crippen LogP contribution in [0.1, 0.15) is 46.4 Å². The average molecular weight is 430 g/mol. The van der Waals surface area contributed by atoms with Gasteiger partial charge in [-0.2, -0.15) is 8.42 Å². The van der Waals surface area contributed by atoms with Crippen LogP contribution in [0.4, 0.5) is 10.1 Å². The molecule has 0 aromatic heterocycles. The van der Waals surface area contributed by atoms with Crippen LogP contribution in [-0.4, -0.2) is 39.2 Å². The van der Waals surface area contributed by atoms with Crippen LogP contribution >= 0.6 is 0 Å². The number of hydrogen-bond donors (Lipinski definition) is 0. The molecule has 2 aliphatic rings. The summed E-state index contributed by atoms with van der Waals surface area (Å²) in [7, 11) is -3.93. The van der Waals surface area contributed by atoms with Crippen molar-refractivity contribution in [3.8, 4) is 0 Å². The first-order valence-corrected chi connectivity index (χ1v) is 11.0. The van der Waals surface area contributed by atoms with E-state index in [2.05, 4.69) is 4.40 Å². The molecule has 1 fully saturated rings. The number of rotatable bonds is 4. The molecular weight excluding hydrogens is 411 g/mol. The summed E-state index contributed by atoms with van der Waals surface area (Å²) in [6.07, 6.45) is 3.39. The fourth-order valence-corrected chi connectivity index (χ4v) is 4.82. The number of carbonyl (C=O) groups excluding carboxylic acids is 2. The molecule has 0 amide bonds. The smallest absolute Gasteiger partial charge is 0.338 e. The summed E-state index contributed by atoms with van der Waals surface area (Å²) in [4.78, 5) is 26.3. The van der Waals surface area contributed by atoms with Gasteiger partial charge in [-0.25, -0.2) is 9.18 Å². The summed E-state index contributed by atoms with van der Waals surface area (Å²) in [5, 5.41) is 0. The number of ketones is 1. The first-order chi connectivity index (χ1) is 14.3. The van der Waals surface area contributed by atoms with Crippen molar-refractivity contribution in [3.63, 3.8) is 0 Å². The third kappa shape index (κ3) is 3.97. The number of anilines is 1. The van der Waals surface area contributed by atoms with Gasteiger partial charge in [0.25, 0.3) is 10.0 Å². The normalized spacial score (nSPS) is 17.2. The van der Waals surface area contributed by atoms with Crippen LogP contribution < -0.4 is 4.90 Å². The van der Waals surface area contributed by atoms with E-state index in [9.17, 15) is 22.4 Å². The van der Waals surface area contributed by atoms with Gasteiger partial charge in [0, 0.05) is 18.5 Å². The van der Waals surface area contributed by atoms with E-state index in [0.717, 1.165) is 31.4 Å². The molecule has 0 N–H and O–H groups in total. The van der Waals surface area contributed by atoms with Crippen molar-refractivity contribution in [2.24, 2.45) is 4.40 Å². The van der Waals surface area contributed by atoms with Crippen LogP contribution in [0.25, 0.3) is 0 Å². The average Bonchev–Trinajstić information content (AvgIpc) is 2.97. The number of amidine groups is 1. The number of carbonyl (C=O) groups is 2. The lowest BCUT2D eigenvalue weighted by Crippen LogP contribution is -2.35. The largest absolute Gasteiger partial charge is 0.454 e. The van der Waals surface area contributed by atoms with E-state index in [1.807, 2.05) is 4.90 Å². The highest BCUT2D eigenvalue weighted by Gasteiger charge is 2.32. The Morgan fingerprint density at radius 3 is 2.53 bits per heavy atom. The molecule has 4 rings (SSSR count). The lowest BCUT2D eigenvalue weighted by atomic mass is 10.1. The lowest BCUT2D eigenvalue weighted by Gasteiger charge is -2.29. The fraction of sp³-hybridized carbons (Fsp3) is 0.286. The maximum absolute atomic E-state index is 13.0. The molecule has 2 aromatic rings. The second kappa shape index (κ2) is 7.98. The van der Waals surface area contributed by atoms with Gasteiger partial charge in [0.15, 0.2) is 12.4 Å². The quantitative estimate of drug-likeness (QED) is 0.546. The molecule has 0 unspecified atom stereocenters. The minimum atomic E-state index is -3.93. The third-order valence-electron chi connectivity index (χ3n) is 5.08. The van der Waals surface area contributed by atoms with Gasteiger partial charge < -0.3 is 9.64 Å². The van der Waals surface area contributed by atoms with Crippen molar-refractivity contribution in [1.82, 2.24) is 0 Å². The predicted octanol–water partition coefficient (Wildman–Crippen LogP) is 3.35. The third-order valence-corrected chi connectivity index (χ3v) is 6.42. The molecule has 2 aliphatic heterocycles. The predicted molar refractivity (Wildman–Crippen MR) is 108 cm³/mol. The zero-order valence-corrected chi connectivity index (χ0v) is 16.8. The molecule has 0 aliphatic carbocycles. The Bertz CT molecular complexity index is 1140. The topological polar surface area (TPSA) is 93.1 Å². The van der Waals surface area contributed by atoms with Crippen LogP contribution in [0.15, 0.2) is 51.8 Å². The highest BCUT2D eigenvalue weighted by atomic mass is 32.2. The van der Waals surface area contributed by atoms with Crippen molar-refractivity contribution < 1.29 is 27.1 Å². The Morgan fingerprint density at radius 1 is 1.03 bits per heavy atom. The number of hydrogen-bond acceptors (Lipinski definition) is 6. The molecule has 0 radical (unpaired) electrons. The van der Waals surface area contributed by atoms with Crippen molar-refractivity contribution in [1.29, 1.82) is 0 Å². The number of fused-ring (bicyclic) bond motifs is 3. The molecule has 0 atom stereocenters. The van der Waals surface area contributed by atoms with E-state index >= 15 is 0 Å². The Hall–Kier alpha value is -3.07. The van der Waals surface area contributed by atoms with Gasteiger partial charge in [-0.1, -0.05) is 6.42 Å². The van der Waals surface area contributed by atoms with Crippen LogP contribution in [0.3, 0.4) is 0 Å². The van der Waals surface area contributed by atoms with Gasteiger partial charge in [-0.15, -0.1) is 4.40 Å². The molecule has 156 valence electrons. The molecule has 2 aromatic carbocycles. The number of benzene rings is 2. The van der Waals surface area contributed by atoms with Gasteiger partial charge >= 0.3 is 5.97 Å². The zero-order chi connectivity index (χ0) is 21.3. The van der Waals surface area contributed by atoms with E-state index in [1.165, 1.54) is 24.3 Å². The molecule has 0 bridgehead atoms. The van der Waals surface area contributed by atoms with E-state index < -0.39 is 34.2 Å². The first-order valence-electron chi connectivity index (χ1n) is 9.56. The lowest BCUT2D eigenvalue weighted by molar-refractivity contribution is 0.0474. The second-order valence-corrected chi connectivity index (χ2v) is 8.71. The monoisotopic (exact) mass is 430 g/mol. The Balaban J connectivity index is 1.53. The number of ether oxygens (including phenoxy) is 1. The summed E-state index contributed by atoms with van der Waals surface area (Å²) in [6.45, 7) is 0.125. The number of sulfonamides is 1. The van der Waals surface area contributed by atoms with Gasteiger partial charge in [0.1, 0.15) is 16.5 Å². The molecule has 2 heterocycles. The van der Waals surface area contributed by atoms with E-state index in [0.29, 0.717) is 24.5 Å². The molecule has 1 saturated heterocycles. The molecule has 9 heteroatoms. The minimum absolute atomic E-state index is 0.0118. The fourth-order valence-electron chi connectivity index (χ4n) is 3.54. The standard InChI is InChI=1S/C21H19FN2O5S/c22-16-8-5-14(6-9-16)18(25)13-29-21(26)15-7-10-17-19(12-15)30(27,28)23-20-4-2-1-3-11-24(17)20/h5-10,12H,1-4,11,13H2. The Kier molecular flexibility index (Phi) is 5.38. The van der Waals surface area contributed by atoms with Crippen molar-refractivity contribution in [2.45, 2.75) is 30.6 Å². The highest BCUT2D eigenvalue weighted by molar-refractivity contribution is 7.90. The Labute approximate surface area is 173 Å². The highest BCUT2D eigenvalue weighted by Crippen LogP contribution is 2.35. The van der Waals surface area contributed by atoms with Crippen molar-refractivity contribution >= 4 is 33.3 Å². The molecule has 7 nitrogen and oxygen atoms in total. The van der Waals surface area contributed by atoms with Gasteiger partial charge in [0.05, 0.1) is 11.3 Å². The molecule has 0 saturated carbocycles. The summed E-state index contributed by atoms with van der Waals surface area (Å²) >= 11 is 0. The summed E-state index contributed by atoms with van der Waals surface area (Å²) in [6, 6.07) is 9.17. The van der Waals surface area contributed by atoms with Crippen LogP contribution in [0, 0.1) is 5.82 Å². The van der Waals surface area contributed by atoms with Crippen molar-refractivity contribution in [2.75, 3.05) is 18.1 Å². The number of Topliss-reactive ketones (excluding diaryl/α,β-unsaturated/α-hetero) is 1. The molecule has 0 spiro atoms. The Morgan fingerprint density at radius 2 is 1.77 bits per heavy atom. The zero-order valence-electron chi connectivity index (χ0n) is 16.0. The van der Waals surface area contributed by atoms with E-state index in [4.69, 9.17) is 4.74 Å². The minimum Gasteiger partial charge on any atom is -0.454 e. The van der Waals surface area contributed by atoms with Gasteiger partial charge in [-0.3, -0.25) is 4.79 Å². The summed E-state index contributed by atoms with van der Waals surface area (Å²) < 4.78 is 47.2. The van der Waals surface area contributed by atoms with Crippen LogP contribution in [-0.2, 0) is 14.8 Å². The summed E-state index contributed by atoms with van der Waals surface area (Å²) in [5.41, 5.74) is 0.721.